The minimum absolute atomic E-state index is 0.0919. The second kappa shape index (κ2) is 10.3. The van der Waals surface area contributed by atoms with Crippen LogP contribution in [0.5, 0.6) is 23.0 Å². The van der Waals surface area contributed by atoms with Crippen LogP contribution >= 0.6 is 0 Å². The fourth-order valence-electron chi connectivity index (χ4n) is 2.74. The molecule has 0 saturated carbocycles. The number of benzene rings is 2. The van der Waals surface area contributed by atoms with Gasteiger partial charge in [0.05, 0.1) is 27.4 Å². The third-order valence-corrected chi connectivity index (χ3v) is 4.44. The molecule has 2 aromatic carbocycles. The van der Waals surface area contributed by atoms with Crippen LogP contribution in [0.1, 0.15) is 23.3 Å². The Bertz CT molecular complexity index is 796. The van der Waals surface area contributed by atoms with Gasteiger partial charge < -0.3 is 44.8 Å². The van der Waals surface area contributed by atoms with E-state index in [2.05, 4.69) is 0 Å². The standard InChI is InChI=1S/C20H26O9/c1-27-16-7-12(3-5-13(16)23)20(26)18(10-22)29-15-6-4-11(8-17(15)28-2)19(25)14(24)9-21/h3-8,14,18-26H,9-10H2,1-2H3. The van der Waals surface area contributed by atoms with E-state index in [0.29, 0.717) is 11.1 Å². The van der Waals surface area contributed by atoms with E-state index in [1.165, 1.54) is 50.6 Å². The Morgan fingerprint density at radius 2 is 1.34 bits per heavy atom. The lowest BCUT2D eigenvalue weighted by molar-refractivity contribution is -0.0156. The molecule has 0 spiro atoms. The summed E-state index contributed by atoms with van der Waals surface area (Å²) < 4.78 is 16.0. The molecule has 0 aliphatic rings. The van der Waals surface area contributed by atoms with Crippen molar-refractivity contribution in [1.82, 2.24) is 0 Å². The molecule has 0 bridgehead atoms. The van der Waals surface area contributed by atoms with Crippen LogP contribution in [0.25, 0.3) is 0 Å². The van der Waals surface area contributed by atoms with Crippen molar-refractivity contribution in [3.63, 3.8) is 0 Å². The van der Waals surface area contributed by atoms with Gasteiger partial charge in [-0.2, -0.15) is 0 Å². The maximum Gasteiger partial charge on any atom is 0.161 e. The van der Waals surface area contributed by atoms with Crippen molar-refractivity contribution in [2.45, 2.75) is 24.4 Å². The van der Waals surface area contributed by atoms with Gasteiger partial charge in [0.25, 0.3) is 0 Å². The number of hydrogen-bond donors (Lipinski definition) is 6. The summed E-state index contributed by atoms with van der Waals surface area (Å²) in [5, 5.41) is 58.6. The van der Waals surface area contributed by atoms with Crippen LogP contribution in [-0.4, -0.2) is 70.3 Å². The monoisotopic (exact) mass is 410 g/mol. The second-order valence-corrected chi connectivity index (χ2v) is 6.32. The summed E-state index contributed by atoms with van der Waals surface area (Å²) >= 11 is 0. The lowest BCUT2D eigenvalue weighted by atomic mass is 10.0. The van der Waals surface area contributed by atoms with Crippen molar-refractivity contribution >= 4 is 0 Å². The number of rotatable bonds is 10. The number of aliphatic hydroxyl groups is 5. The Kier molecular flexibility index (Phi) is 8.06. The Labute approximate surface area is 168 Å². The van der Waals surface area contributed by atoms with Crippen LogP contribution in [0, 0.1) is 0 Å². The van der Waals surface area contributed by atoms with Crippen LogP contribution in [0.2, 0.25) is 0 Å². The van der Waals surface area contributed by atoms with E-state index in [1.54, 1.807) is 0 Å². The first-order valence-electron chi connectivity index (χ1n) is 8.83. The first-order valence-corrected chi connectivity index (χ1v) is 8.83. The number of methoxy groups -OCH3 is 2. The van der Waals surface area contributed by atoms with Crippen LogP contribution in [0.3, 0.4) is 0 Å². The molecule has 0 aromatic heterocycles. The van der Waals surface area contributed by atoms with Gasteiger partial charge >= 0.3 is 0 Å². The smallest absolute Gasteiger partial charge is 0.161 e. The normalized spacial score (nSPS) is 15.3. The van der Waals surface area contributed by atoms with E-state index in [4.69, 9.17) is 19.3 Å². The predicted octanol–water partition coefficient (Wildman–Crippen LogP) is 0.269. The number of phenolic OH excluding ortho intramolecular Hbond substituents is 1. The molecule has 4 atom stereocenters. The van der Waals surface area contributed by atoms with Crippen LogP contribution in [0.15, 0.2) is 36.4 Å². The summed E-state index contributed by atoms with van der Waals surface area (Å²) in [5.41, 5.74) is 0.649. The highest BCUT2D eigenvalue weighted by molar-refractivity contribution is 5.45. The van der Waals surface area contributed by atoms with E-state index in [0.717, 1.165) is 0 Å². The Morgan fingerprint density at radius 1 is 0.759 bits per heavy atom. The number of ether oxygens (including phenoxy) is 3. The van der Waals surface area contributed by atoms with Crippen LogP contribution in [-0.2, 0) is 0 Å². The zero-order valence-corrected chi connectivity index (χ0v) is 16.1. The van der Waals surface area contributed by atoms with Crippen LogP contribution in [0.4, 0.5) is 0 Å². The first-order chi connectivity index (χ1) is 13.9. The SMILES string of the molecule is COc1cc(C(O)C(CO)Oc2ccc(C(O)C(O)CO)cc2OC)ccc1O. The summed E-state index contributed by atoms with van der Waals surface area (Å²) in [6, 6.07) is 8.60. The van der Waals surface area contributed by atoms with Crippen LogP contribution < -0.4 is 14.2 Å². The Balaban J connectivity index is 2.25. The molecule has 0 fully saturated rings. The Morgan fingerprint density at radius 3 is 1.93 bits per heavy atom. The quantitative estimate of drug-likeness (QED) is 0.324. The predicted molar refractivity (Wildman–Crippen MR) is 102 cm³/mol. The van der Waals surface area contributed by atoms with Gasteiger partial charge in [0.15, 0.2) is 29.1 Å². The molecule has 0 aliphatic heterocycles. The number of phenols is 1. The molecule has 9 heteroatoms. The van der Waals surface area contributed by atoms with Gasteiger partial charge in [0, 0.05) is 0 Å². The lowest BCUT2D eigenvalue weighted by Crippen LogP contribution is -2.29. The first kappa shape index (κ1) is 22.7. The summed E-state index contributed by atoms with van der Waals surface area (Å²) in [6.45, 7) is -1.14. The number of aliphatic hydroxyl groups excluding tert-OH is 5. The minimum atomic E-state index is -1.36. The molecule has 4 unspecified atom stereocenters. The zero-order chi connectivity index (χ0) is 21.6. The topological polar surface area (TPSA) is 149 Å². The molecule has 9 nitrogen and oxygen atoms in total. The van der Waals surface area contributed by atoms with Gasteiger partial charge in [-0.25, -0.2) is 0 Å². The van der Waals surface area contributed by atoms with Gasteiger partial charge in [-0.15, -0.1) is 0 Å². The zero-order valence-electron chi connectivity index (χ0n) is 16.1. The largest absolute Gasteiger partial charge is 0.504 e. The molecule has 0 heterocycles. The highest BCUT2D eigenvalue weighted by atomic mass is 16.5. The van der Waals surface area contributed by atoms with Crippen molar-refractivity contribution < 1.29 is 44.8 Å². The minimum Gasteiger partial charge on any atom is -0.504 e. The second-order valence-electron chi connectivity index (χ2n) is 6.32. The third kappa shape index (κ3) is 5.28. The molecule has 2 aromatic rings. The molecular weight excluding hydrogens is 384 g/mol. The Hall–Kier alpha value is -2.56. The summed E-state index contributed by atoms with van der Waals surface area (Å²) in [6.07, 6.45) is -5.01. The van der Waals surface area contributed by atoms with Gasteiger partial charge in [0.2, 0.25) is 0 Å². The molecule has 0 saturated heterocycles. The van der Waals surface area contributed by atoms with Crippen molar-refractivity contribution in [2.24, 2.45) is 0 Å². The van der Waals surface area contributed by atoms with Gasteiger partial charge in [-0.1, -0.05) is 12.1 Å². The number of hydrogen-bond acceptors (Lipinski definition) is 9. The average molecular weight is 410 g/mol. The number of aromatic hydroxyl groups is 1. The average Bonchev–Trinajstić information content (AvgIpc) is 2.76. The molecule has 29 heavy (non-hydrogen) atoms. The van der Waals surface area contributed by atoms with Gasteiger partial charge in [0.1, 0.15) is 18.3 Å². The summed E-state index contributed by atoms with van der Waals surface area (Å²) in [4.78, 5) is 0. The third-order valence-electron chi connectivity index (χ3n) is 4.44. The highest BCUT2D eigenvalue weighted by Crippen LogP contribution is 2.35. The molecule has 0 radical (unpaired) electrons. The maximum atomic E-state index is 10.6. The molecule has 160 valence electrons. The fourth-order valence-corrected chi connectivity index (χ4v) is 2.74. The molecule has 0 amide bonds. The lowest BCUT2D eigenvalue weighted by Gasteiger charge is -2.25. The van der Waals surface area contributed by atoms with E-state index in [1.807, 2.05) is 0 Å². The summed E-state index contributed by atoms with van der Waals surface area (Å²) in [5.74, 6) is 0.453. The van der Waals surface area contributed by atoms with Crippen molar-refractivity contribution in [1.29, 1.82) is 0 Å². The van der Waals surface area contributed by atoms with Crippen molar-refractivity contribution in [3.8, 4) is 23.0 Å². The maximum absolute atomic E-state index is 10.6. The molecular formula is C20H26O9. The van der Waals surface area contributed by atoms with Gasteiger partial charge in [-0.3, -0.25) is 0 Å². The van der Waals surface area contributed by atoms with Crippen molar-refractivity contribution in [2.75, 3.05) is 27.4 Å². The van der Waals surface area contributed by atoms with Gasteiger partial charge in [-0.05, 0) is 35.4 Å². The van der Waals surface area contributed by atoms with E-state index >= 15 is 0 Å². The molecule has 2 rings (SSSR count). The van der Waals surface area contributed by atoms with Crippen molar-refractivity contribution in [3.05, 3.63) is 47.5 Å². The van der Waals surface area contributed by atoms with E-state index < -0.39 is 37.6 Å². The summed E-state index contributed by atoms with van der Waals surface area (Å²) in [7, 11) is 2.75. The van der Waals surface area contributed by atoms with E-state index in [-0.39, 0.29) is 23.0 Å². The fraction of sp³-hybridized carbons (Fsp3) is 0.400. The highest BCUT2D eigenvalue weighted by Gasteiger charge is 2.25. The molecule has 0 aliphatic carbocycles. The van der Waals surface area contributed by atoms with E-state index in [9.17, 15) is 25.5 Å². The molecule has 6 N–H and O–H groups in total.